The summed E-state index contributed by atoms with van der Waals surface area (Å²) < 4.78 is 23.7. The molecule has 5 nitrogen and oxygen atoms in total. The van der Waals surface area contributed by atoms with Gasteiger partial charge in [-0.25, -0.2) is 4.39 Å². The van der Waals surface area contributed by atoms with E-state index in [-0.39, 0.29) is 36.8 Å². The Bertz CT molecular complexity index is 664. The summed E-state index contributed by atoms with van der Waals surface area (Å²) >= 11 is 1.69. The van der Waals surface area contributed by atoms with Crippen LogP contribution in [0.25, 0.3) is 0 Å². The number of hydrogen-bond donors (Lipinski definition) is 1. The highest BCUT2D eigenvalue weighted by molar-refractivity contribution is 7.10. The summed E-state index contributed by atoms with van der Waals surface area (Å²) in [6.45, 7) is 3.56. The van der Waals surface area contributed by atoms with Gasteiger partial charge in [-0.05, 0) is 35.7 Å². The molecule has 1 unspecified atom stereocenters. The molecular weight excluding hydrogens is 379 g/mol. The van der Waals surface area contributed by atoms with Gasteiger partial charge in [-0.15, -0.1) is 23.7 Å². The van der Waals surface area contributed by atoms with Gasteiger partial charge < -0.3 is 14.8 Å². The average molecular weight is 401 g/mol. The molecule has 1 amide bonds. The fourth-order valence-corrected chi connectivity index (χ4v) is 3.58. The average Bonchev–Trinajstić information content (AvgIpc) is 3.17. The molecule has 1 aliphatic rings. The second-order valence-electron chi connectivity index (χ2n) is 5.73. The van der Waals surface area contributed by atoms with Crippen LogP contribution in [0, 0.1) is 5.82 Å². The van der Waals surface area contributed by atoms with Crippen LogP contribution in [0.5, 0.6) is 5.75 Å². The first kappa shape index (κ1) is 20.6. The maximum absolute atomic E-state index is 12.9. The van der Waals surface area contributed by atoms with E-state index in [4.69, 9.17) is 9.47 Å². The van der Waals surface area contributed by atoms with E-state index < -0.39 is 0 Å². The van der Waals surface area contributed by atoms with Crippen molar-refractivity contribution in [1.82, 2.24) is 10.2 Å². The molecule has 8 heteroatoms. The van der Waals surface area contributed by atoms with Crippen LogP contribution in [0.2, 0.25) is 0 Å². The zero-order chi connectivity index (χ0) is 17.5. The molecule has 142 valence electrons. The summed E-state index contributed by atoms with van der Waals surface area (Å²) in [7, 11) is 0. The van der Waals surface area contributed by atoms with Crippen molar-refractivity contribution in [1.29, 1.82) is 0 Å². The third-order valence-electron chi connectivity index (χ3n) is 4.03. The zero-order valence-corrected chi connectivity index (χ0v) is 15.9. The summed E-state index contributed by atoms with van der Waals surface area (Å²) in [5, 5.41) is 4.98. The molecule has 1 fully saturated rings. The van der Waals surface area contributed by atoms with Crippen molar-refractivity contribution in [3.8, 4) is 5.75 Å². The molecular formula is C18H22ClFN2O3S. The third-order valence-corrected chi connectivity index (χ3v) is 5.01. The highest BCUT2D eigenvalue weighted by Crippen LogP contribution is 2.25. The standard InChI is InChI=1S/C18H21FN2O3S.ClH/c19-14-3-5-15(6-4-14)24-13-18(22)20-12-16(17-2-1-11-25-17)21-7-9-23-10-8-21;/h1-6,11,16H,7-10,12-13H2,(H,20,22);1H. The molecule has 0 bridgehead atoms. The zero-order valence-electron chi connectivity index (χ0n) is 14.2. The van der Waals surface area contributed by atoms with Crippen LogP contribution in [0.4, 0.5) is 4.39 Å². The van der Waals surface area contributed by atoms with Crippen LogP contribution >= 0.6 is 23.7 Å². The van der Waals surface area contributed by atoms with Crippen molar-refractivity contribution in [3.05, 3.63) is 52.5 Å². The monoisotopic (exact) mass is 400 g/mol. The fourth-order valence-electron chi connectivity index (χ4n) is 2.72. The Morgan fingerprint density at radius 1 is 1.27 bits per heavy atom. The van der Waals surface area contributed by atoms with E-state index in [2.05, 4.69) is 16.3 Å². The van der Waals surface area contributed by atoms with E-state index in [1.165, 1.54) is 29.1 Å². The van der Waals surface area contributed by atoms with Crippen molar-refractivity contribution in [2.45, 2.75) is 6.04 Å². The number of ether oxygens (including phenoxy) is 2. The number of nitrogens with one attached hydrogen (secondary N) is 1. The lowest BCUT2D eigenvalue weighted by Crippen LogP contribution is -2.44. The number of rotatable bonds is 7. The lowest BCUT2D eigenvalue weighted by atomic mass is 10.2. The lowest BCUT2D eigenvalue weighted by Gasteiger charge is -2.34. The minimum Gasteiger partial charge on any atom is -0.484 e. The van der Waals surface area contributed by atoms with Crippen LogP contribution in [0.1, 0.15) is 10.9 Å². The smallest absolute Gasteiger partial charge is 0.258 e. The first-order valence-corrected chi connectivity index (χ1v) is 9.10. The summed E-state index contributed by atoms with van der Waals surface area (Å²) in [5.41, 5.74) is 0. The van der Waals surface area contributed by atoms with Crippen molar-refractivity contribution >= 4 is 29.7 Å². The van der Waals surface area contributed by atoms with Gasteiger partial charge in [0, 0.05) is 24.5 Å². The van der Waals surface area contributed by atoms with Crippen LogP contribution in [-0.4, -0.2) is 50.3 Å². The van der Waals surface area contributed by atoms with Gasteiger partial charge in [-0.2, -0.15) is 0 Å². The number of nitrogens with zero attached hydrogens (tertiary/aromatic N) is 1. The Labute approximate surface area is 162 Å². The molecule has 1 atom stereocenters. The third kappa shape index (κ3) is 5.95. The van der Waals surface area contributed by atoms with Gasteiger partial charge >= 0.3 is 0 Å². The molecule has 1 aromatic carbocycles. The lowest BCUT2D eigenvalue weighted by molar-refractivity contribution is -0.123. The molecule has 1 aliphatic heterocycles. The number of morpholine rings is 1. The second-order valence-corrected chi connectivity index (χ2v) is 6.71. The molecule has 1 N–H and O–H groups in total. The van der Waals surface area contributed by atoms with Gasteiger partial charge in [0.25, 0.3) is 5.91 Å². The molecule has 3 rings (SSSR count). The van der Waals surface area contributed by atoms with Crippen LogP contribution in [0.3, 0.4) is 0 Å². The SMILES string of the molecule is Cl.O=C(COc1ccc(F)cc1)NCC(c1cccs1)N1CCOCC1. The normalized spacial score (nSPS) is 15.7. The second kappa shape index (κ2) is 10.5. The summed E-state index contributed by atoms with van der Waals surface area (Å²) in [5.74, 6) is -0.0558. The number of hydrogen-bond acceptors (Lipinski definition) is 5. The highest BCUT2D eigenvalue weighted by Gasteiger charge is 2.23. The summed E-state index contributed by atoms with van der Waals surface area (Å²) in [4.78, 5) is 15.6. The molecule has 1 saturated heterocycles. The number of carbonyl (C=O) groups excluding carboxylic acids is 1. The molecule has 2 aromatic rings. The number of amides is 1. The molecule has 0 aliphatic carbocycles. The van der Waals surface area contributed by atoms with Crippen LogP contribution in [0.15, 0.2) is 41.8 Å². The Morgan fingerprint density at radius 2 is 2.00 bits per heavy atom. The number of benzene rings is 1. The predicted molar refractivity (Wildman–Crippen MR) is 102 cm³/mol. The van der Waals surface area contributed by atoms with E-state index in [0.717, 1.165) is 13.1 Å². The van der Waals surface area contributed by atoms with Crippen molar-refractivity contribution in [2.75, 3.05) is 39.5 Å². The quantitative estimate of drug-likeness (QED) is 0.776. The van der Waals surface area contributed by atoms with Crippen LogP contribution < -0.4 is 10.1 Å². The number of carbonyl (C=O) groups is 1. The molecule has 1 aromatic heterocycles. The number of thiophene rings is 1. The maximum atomic E-state index is 12.9. The topological polar surface area (TPSA) is 50.8 Å². The van der Waals surface area contributed by atoms with Gasteiger partial charge in [0.05, 0.1) is 19.3 Å². The van der Waals surface area contributed by atoms with Crippen molar-refractivity contribution < 1.29 is 18.7 Å². The summed E-state index contributed by atoms with van der Waals surface area (Å²) in [6, 6.07) is 9.87. The molecule has 2 heterocycles. The minimum atomic E-state index is -0.332. The number of halogens is 2. The molecule has 0 spiro atoms. The van der Waals surface area contributed by atoms with E-state index in [1.54, 1.807) is 11.3 Å². The fraction of sp³-hybridized carbons (Fsp3) is 0.389. The molecule has 0 radical (unpaired) electrons. The van der Waals surface area contributed by atoms with Gasteiger partial charge in [0.2, 0.25) is 0 Å². The Kier molecular flexibility index (Phi) is 8.31. The maximum Gasteiger partial charge on any atom is 0.258 e. The predicted octanol–water partition coefficient (Wildman–Crippen LogP) is 2.88. The van der Waals surface area contributed by atoms with Gasteiger partial charge in [-0.3, -0.25) is 9.69 Å². The van der Waals surface area contributed by atoms with E-state index >= 15 is 0 Å². The van der Waals surface area contributed by atoms with Crippen molar-refractivity contribution in [2.24, 2.45) is 0 Å². The van der Waals surface area contributed by atoms with Crippen LogP contribution in [-0.2, 0) is 9.53 Å². The van der Waals surface area contributed by atoms with Crippen molar-refractivity contribution in [3.63, 3.8) is 0 Å². The highest BCUT2D eigenvalue weighted by atomic mass is 35.5. The Hall–Kier alpha value is -1.67. The first-order chi connectivity index (χ1) is 12.2. The largest absolute Gasteiger partial charge is 0.484 e. The van der Waals surface area contributed by atoms with Gasteiger partial charge in [0.1, 0.15) is 11.6 Å². The Morgan fingerprint density at radius 3 is 2.65 bits per heavy atom. The summed E-state index contributed by atoms with van der Waals surface area (Å²) in [6.07, 6.45) is 0. The minimum absolute atomic E-state index is 0. The van der Waals surface area contributed by atoms with Gasteiger partial charge in [0.15, 0.2) is 6.61 Å². The van der Waals surface area contributed by atoms with E-state index in [9.17, 15) is 9.18 Å². The molecule has 0 saturated carbocycles. The van der Waals surface area contributed by atoms with E-state index in [0.29, 0.717) is 25.5 Å². The van der Waals surface area contributed by atoms with Gasteiger partial charge in [-0.1, -0.05) is 6.07 Å². The molecule has 26 heavy (non-hydrogen) atoms. The first-order valence-electron chi connectivity index (χ1n) is 8.22. The van der Waals surface area contributed by atoms with E-state index in [1.807, 2.05) is 11.4 Å². The Balaban J connectivity index is 0.00000243.